The van der Waals surface area contributed by atoms with Gasteiger partial charge < -0.3 is 5.32 Å². The van der Waals surface area contributed by atoms with E-state index in [4.69, 9.17) is 4.99 Å². The van der Waals surface area contributed by atoms with Crippen molar-refractivity contribution in [1.82, 2.24) is 4.98 Å². The van der Waals surface area contributed by atoms with Crippen LogP contribution >= 0.6 is 23.1 Å². The number of hydrogen-bond acceptors (Lipinski definition) is 5. The molecule has 1 aromatic heterocycles. The zero-order valence-corrected chi connectivity index (χ0v) is 22.4. The minimum Gasteiger partial charge on any atom is -0.325 e. The minimum absolute atomic E-state index is 0.0643. The molecule has 1 N–H and O–H groups in total. The van der Waals surface area contributed by atoms with Crippen LogP contribution in [0.15, 0.2) is 106 Å². The van der Waals surface area contributed by atoms with E-state index < -0.39 is 17.6 Å². The monoisotopic (exact) mass is 571 g/mol. The Labute approximate surface area is 235 Å². The van der Waals surface area contributed by atoms with Gasteiger partial charge in [-0.25, -0.2) is 4.98 Å². The minimum atomic E-state index is -4.55. The highest BCUT2D eigenvalue weighted by Gasteiger charge is 2.33. The van der Waals surface area contributed by atoms with E-state index in [9.17, 15) is 18.0 Å². The van der Waals surface area contributed by atoms with E-state index in [1.807, 2.05) is 48.7 Å². The van der Waals surface area contributed by atoms with Crippen molar-refractivity contribution in [2.45, 2.75) is 10.5 Å². The van der Waals surface area contributed by atoms with Crippen molar-refractivity contribution in [2.75, 3.05) is 11.1 Å². The predicted molar refractivity (Wildman–Crippen MR) is 159 cm³/mol. The van der Waals surface area contributed by atoms with Gasteiger partial charge in [0.05, 0.1) is 32.9 Å². The molecule has 4 nitrogen and oxygen atoms in total. The maximum Gasteiger partial charge on any atom is 0.418 e. The van der Waals surface area contributed by atoms with Gasteiger partial charge in [0.15, 0.2) is 4.34 Å². The number of alkyl halides is 3. The fourth-order valence-electron chi connectivity index (χ4n) is 4.51. The number of aromatic nitrogens is 1. The topological polar surface area (TPSA) is 54.4 Å². The summed E-state index contributed by atoms with van der Waals surface area (Å²) in [5, 5.41) is 6.91. The number of thiazole rings is 1. The molecule has 0 aliphatic carbocycles. The highest BCUT2D eigenvalue weighted by molar-refractivity contribution is 8.01. The molecular formula is C31H20F3N3OS2. The Morgan fingerprint density at radius 3 is 2.30 bits per heavy atom. The van der Waals surface area contributed by atoms with Crippen LogP contribution in [0.3, 0.4) is 0 Å². The Morgan fingerprint density at radius 2 is 1.57 bits per heavy atom. The molecular weight excluding hydrogens is 551 g/mol. The van der Waals surface area contributed by atoms with Gasteiger partial charge in [-0.1, -0.05) is 72.4 Å². The van der Waals surface area contributed by atoms with Crippen LogP contribution in [0.25, 0.3) is 31.8 Å². The number of halogens is 3. The van der Waals surface area contributed by atoms with Crippen LogP contribution in [0, 0.1) is 0 Å². The lowest BCUT2D eigenvalue weighted by Gasteiger charge is -2.13. The van der Waals surface area contributed by atoms with Crippen molar-refractivity contribution in [2.24, 2.45) is 4.99 Å². The molecule has 0 saturated heterocycles. The summed E-state index contributed by atoms with van der Waals surface area (Å²) in [5.74, 6) is -0.598. The van der Waals surface area contributed by atoms with E-state index in [1.165, 1.54) is 41.3 Å². The number of anilines is 1. The molecule has 0 radical (unpaired) electrons. The number of amides is 1. The molecule has 0 saturated carbocycles. The number of rotatable bonds is 6. The molecule has 0 fully saturated rings. The zero-order chi connectivity index (χ0) is 27.7. The first-order chi connectivity index (χ1) is 19.3. The average molecular weight is 572 g/mol. The Bertz CT molecular complexity index is 1860. The van der Waals surface area contributed by atoms with Gasteiger partial charge in [0, 0.05) is 11.8 Å². The van der Waals surface area contributed by atoms with Crippen molar-refractivity contribution < 1.29 is 18.0 Å². The first-order valence-corrected chi connectivity index (χ1v) is 14.1. The van der Waals surface area contributed by atoms with Crippen molar-refractivity contribution in [3.63, 3.8) is 0 Å². The molecule has 198 valence electrons. The van der Waals surface area contributed by atoms with Gasteiger partial charge in [0.25, 0.3) is 0 Å². The molecule has 5 aromatic carbocycles. The van der Waals surface area contributed by atoms with Crippen molar-refractivity contribution in [3.8, 4) is 0 Å². The quantitative estimate of drug-likeness (QED) is 0.123. The van der Waals surface area contributed by atoms with Crippen LogP contribution in [0.1, 0.15) is 11.1 Å². The number of thioether (sulfide) groups is 1. The van der Waals surface area contributed by atoms with E-state index >= 15 is 0 Å². The fourth-order valence-corrected chi connectivity index (χ4v) is 6.42. The van der Waals surface area contributed by atoms with Crippen molar-refractivity contribution in [3.05, 3.63) is 108 Å². The first kappa shape index (κ1) is 26.0. The SMILES string of the molecule is O=C(CSc1nc2ccc(N=Cc3c4ccccc4cc4ccccc34)cc2s1)Nc1ccccc1C(F)(F)F. The second-order valence-corrected chi connectivity index (χ2v) is 11.3. The standard InChI is InChI=1S/C31H20F3N3OS2/c32-31(33,34)25-11-5-6-12-26(25)36-29(38)18-39-30-37-27-14-13-21(16-28(27)40-30)35-17-24-22-9-3-1-7-19(22)15-20-8-2-4-10-23(20)24/h1-17H,18H2,(H,36,38). The summed E-state index contributed by atoms with van der Waals surface area (Å²) in [5.41, 5.74) is 1.45. The van der Waals surface area contributed by atoms with Crippen LogP contribution in [-0.4, -0.2) is 22.9 Å². The lowest BCUT2D eigenvalue weighted by atomic mass is 9.97. The zero-order valence-electron chi connectivity index (χ0n) is 20.8. The average Bonchev–Trinajstić information content (AvgIpc) is 3.36. The number of fused-ring (bicyclic) bond motifs is 3. The van der Waals surface area contributed by atoms with Gasteiger partial charge in [-0.3, -0.25) is 9.79 Å². The largest absolute Gasteiger partial charge is 0.418 e. The third-order valence-electron chi connectivity index (χ3n) is 6.34. The van der Waals surface area contributed by atoms with E-state index in [1.54, 1.807) is 0 Å². The second kappa shape index (κ2) is 10.7. The number of carbonyl (C=O) groups is 1. The maximum absolute atomic E-state index is 13.2. The van der Waals surface area contributed by atoms with Gasteiger partial charge in [-0.15, -0.1) is 11.3 Å². The lowest BCUT2D eigenvalue weighted by Crippen LogP contribution is -2.18. The highest BCUT2D eigenvalue weighted by atomic mass is 32.2. The van der Waals surface area contributed by atoms with Crippen LogP contribution in [0.4, 0.5) is 24.5 Å². The smallest absolute Gasteiger partial charge is 0.325 e. The molecule has 0 aliphatic rings. The number of para-hydroxylation sites is 1. The summed E-state index contributed by atoms with van der Waals surface area (Å²) in [6.45, 7) is 0. The molecule has 40 heavy (non-hydrogen) atoms. The van der Waals surface area contributed by atoms with Crippen molar-refractivity contribution in [1.29, 1.82) is 0 Å². The molecule has 0 bridgehead atoms. The number of carbonyl (C=O) groups excluding carboxylic acids is 1. The van der Waals surface area contributed by atoms with Crippen LogP contribution in [0.2, 0.25) is 0 Å². The van der Waals surface area contributed by atoms with Gasteiger partial charge in [-0.2, -0.15) is 13.2 Å². The van der Waals surface area contributed by atoms with Crippen LogP contribution in [0.5, 0.6) is 0 Å². The normalized spacial score (nSPS) is 12.1. The molecule has 1 amide bonds. The molecule has 9 heteroatoms. The number of nitrogens with zero attached hydrogens (tertiary/aromatic N) is 2. The summed E-state index contributed by atoms with van der Waals surface area (Å²) >= 11 is 2.59. The maximum atomic E-state index is 13.2. The van der Waals surface area contributed by atoms with Crippen LogP contribution < -0.4 is 5.32 Å². The highest BCUT2D eigenvalue weighted by Crippen LogP contribution is 2.36. The molecule has 0 unspecified atom stereocenters. The van der Waals surface area contributed by atoms with E-state index in [2.05, 4.69) is 40.6 Å². The van der Waals surface area contributed by atoms with Crippen molar-refractivity contribution >= 4 is 78.4 Å². The predicted octanol–water partition coefficient (Wildman–Crippen LogP) is 9.10. The molecule has 6 aromatic rings. The molecule has 6 rings (SSSR count). The van der Waals surface area contributed by atoms with E-state index in [0.29, 0.717) is 4.34 Å². The summed E-state index contributed by atoms with van der Waals surface area (Å²) < 4.78 is 41.2. The number of benzene rings is 5. The Balaban J connectivity index is 1.20. The Morgan fingerprint density at radius 1 is 0.900 bits per heavy atom. The Hall–Kier alpha value is -4.21. The van der Waals surface area contributed by atoms with Gasteiger partial charge in [0.2, 0.25) is 5.91 Å². The second-order valence-electron chi connectivity index (χ2n) is 9.00. The van der Waals surface area contributed by atoms with Gasteiger partial charge in [0.1, 0.15) is 0 Å². The number of hydrogen-bond donors (Lipinski definition) is 1. The van der Waals surface area contributed by atoms with E-state index in [0.717, 1.165) is 49.1 Å². The lowest BCUT2D eigenvalue weighted by molar-refractivity contribution is -0.137. The van der Waals surface area contributed by atoms with Gasteiger partial charge in [-0.05, 0) is 57.9 Å². The molecule has 1 heterocycles. The van der Waals surface area contributed by atoms with Crippen LogP contribution in [-0.2, 0) is 11.0 Å². The molecule has 0 atom stereocenters. The summed E-state index contributed by atoms with van der Waals surface area (Å²) in [4.78, 5) is 21.7. The summed E-state index contributed by atoms with van der Waals surface area (Å²) in [7, 11) is 0. The summed E-state index contributed by atoms with van der Waals surface area (Å²) in [6, 6.07) is 29.3. The number of aliphatic imine (C=N–C) groups is 1. The van der Waals surface area contributed by atoms with E-state index in [-0.39, 0.29) is 11.4 Å². The van der Waals surface area contributed by atoms with Gasteiger partial charge >= 0.3 is 6.18 Å². The third kappa shape index (κ3) is 5.43. The fraction of sp³-hybridized carbons (Fsp3) is 0.0645. The number of nitrogens with one attached hydrogen (secondary N) is 1. The molecule has 0 spiro atoms. The third-order valence-corrected chi connectivity index (χ3v) is 8.50. The first-order valence-electron chi connectivity index (χ1n) is 12.3. The Kier molecular flexibility index (Phi) is 7.00. The molecule has 0 aliphatic heterocycles. The summed E-state index contributed by atoms with van der Waals surface area (Å²) in [6.07, 6.45) is -2.66.